The second kappa shape index (κ2) is 5.51. The highest BCUT2D eigenvalue weighted by Crippen LogP contribution is 2.34. The fraction of sp³-hybridized carbons (Fsp3) is 0.600. The number of hydrogen-bond donors (Lipinski definition) is 1. The number of ether oxygens (including phenoxy) is 1. The van der Waals surface area contributed by atoms with E-state index < -0.39 is 0 Å². The molecular weight excluding hydrogens is 224 g/mol. The maximum Gasteiger partial charge on any atom is 0.144 e. The van der Waals surface area contributed by atoms with E-state index in [1.807, 2.05) is 13.0 Å². The molecule has 3 heteroatoms. The average molecular weight is 248 g/mol. The smallest absolute Gasteiger partial charge is 0.144 e. The number of rotatable bonds is 4. The molecule has 1 atom stereocenters. The summed E-state index contributed by atoms with van der Waals surface area (Å²) in [4.78, 5) is 2.49. The van der Waals surface area contributed by atoms with E-state index in [4.69, 9.17) is 10.5 Å². The first-order chi connectivity index (χ1) is 8.63. The summed E-state index contributed by atoms with van der Waals surface area (Å²) in [5, 5.41) is 0. The lowest BCUT2D eigenvalue weighted by molar-refractivity contribution is 0.342. The van der Waals surface area contributed by atoms with Crippen molar-refractivity contribution in [2.75, 3.05) is 23.8 Å². The molecule has 0 aromatic heterocycles. The van der Waals surface area contributed by atoms with Crippen LogP contribution < -0.4 is 15.4 Å². The van der Waals surface area contributed by atoms with Crippen LogP contribution in [0.5, 0.6) is 5.75 Å². The van der Waals surface area contributed by atoms with Crippen molar-refractivity contribution in [3.05, 3.63) is 18.2 Å². The first kappa shape index (κ1) is 13.1. The van der Waals surface area contributed by atoms with E-state index in [0.717, 1.165) is 18.0 Å². The molecule has 1 fully saturated rings. The van der Waals surface area contributed by atoms with Crippen molar-refractivity contribution in [1.29, 1.82) is 0 Å². The van der Waals surface area contributed by atoms with Crippen LogP contribution in [0.25, 0.3) is 0 Å². The molecule has 1 aliphatic rings. The van der Waals surface area contributed by atoms with Crippen LogP contribution in [0.1, 0.15) is 33.6 Å². The van der Waals surface area contributed by atoms with Gasteiger partial charge in [0.05, 0.1) is 12.3 Å². The largest absolute Gasteiger partial charge is 0.492 e. The van der Waals surface area contributed by atoms with E-state index in [2.05, 4.69) is 30.9 Å². The van der Waals surface area contributed by atoms with Gasteiger partial charge in [0.15, 0.2) is 0 Å². The molecule has 18 heavy (non-hydrogen) atoms. The fourth-order valence-corrected chi connectivity index (χ4v) is 2.79. The van der Waals surface area contributed by atoms with Crippen LogP contribution in [0.2, 0.25) is 0 Å². The number of anilines is 2. The molecule has 1 aromatic carbocycles. The Balaban J connectivity index is 2.24. The zero-order chi connectivity index (χ0) is 13.1. The van der Waals surface area contributed by atoms with E-state index in [0.29, 0.717) is 18.6 Å². The van der Waals surface area contributed by atoms with Crippen molar-refractivity contribution >= 4 is 11.4 Å². The quantitative estimate of drug-likeness (QED) is 0.831. The molecule has 0 amide bonds. The molecule has 100 valence electrons. The van der Waals surface area contributed by atoms with Gasteiger partial charge < -0.3 is 15.4 Å². The van der Waals surface area contributed by atoms with Gasteiger partial charge in [0.2, 0.25) is 0 Å². The van der Waals surface area contributed by atoms with Gasteiger partial charge in [0.25, 0.3) is 0 Å². The maximum atomic E-state index is 5.93. The minimum Gasteiger partial charge on any atom is -0.492 e. The molecule has 2 N–H and O–H groups in total. The van der Waals surface area contributed by atoms with Gasteiger partial charge >= 0.3 is 0 Å². The van der Waals surface area contributed by atoms with E-state index in [1.54, 1.807) is 0 Å². The number of benzene rings is 1. The van der Waals surface area contributed by atoms with Gasteiger partial charge in [-0.05, 0) is 37.8 Å². The van der Waals surface area contributed by atoms with Crippen molar-refractivity contribution in [3.8, 4) is 5.75 Å². The van der Waals surface area contributed by atoms with Gasteiger partial charge in [-0.2, -0.15) is 0 Å². The molecule has 0 radical (unpaired) electrons. The molecule has 2 rings (SSSR count). The van der Waals surface area contributed by atoms with Crippen LogP contribution in [0.3, 0.4) is 0 Å². The minimum absolute atomic E-state index is 0.642. The summed E-state index contributed by atoms with van der Waals surface area (Å²) in [7, 11) is 0. The Hall–Kier alpha value is -1.38. The van der Waals surface area contributed by atoms with Crippen LogP contribution in [-0.4, -0.2) is 19.2 Å². The van der Waals surface area contributed by atoms with Crippen molar-refractivity contribution < 1.29 is 4.74 Å². The Morgan fingerprint density at radius 1 is 1.44 bits per heavy atom. The summed E-state index contributed by atoms with van der Waals surface area (Å²) >= 11 is 0. The van der Waals surface area contributed by atoms with E-state index in [9.17, 15) is 0 Å². The summed E-state index contributed by atoms with van der Waals surface area (Å²) in [5.74, 6) is 1.49. The molecule has 1 aromatic rings. The van der Waals surface area contributed by atoms with Gasteiger partial charge in [-0.3, -0.25) is 0 Å². The summed E-state index contributed by atoms with van der Waals surface area (Å²) < 4.78 is 5.58. The Kier molecular flexibility index (Phi) is 4.00. The lowest BCUT2D eigenvalue weighted by Crippen LogP contribution is -2.33. The highest BCUT2D eigenvalue weighted by Gasteiger charge is 2.27. The van der Waals surface area contributed by atoms with Gasteiger partial charge in [0.1, 0.15) is 5.75 Å². The highest BCUT2D eigenvalue weighted by atomic mass is 16.5. The monoisotopic (exact) mass is 248 g/mol. The predicted octanol–water partition coefficient (Wildman–Crippen LogP) is 3.29. The predicted molar refractivity (Wildman–Crippen MR) is 77.2 cm³/mol. The zero-order valence-corrected chi connectivity index (χ0v) is 11.6. The van der Waals surface area contributed by atoms with Crippen molar-refractivity contribution in [2.24, 2.45) is 5.92 Å². The van der Waals surface area contributed by atoms with Crippen LogP contribution in [0, 0.1) is 5.92 Å². The molecular formula is C15H24N2O. The van der Waals surface area contributed by atoms with Crippen LogP contribution in [0.15, 0.2) is 18.2 Å². The third-order valence-electron chi connectivity index (χ3n) is 3.70. The Morgan fingerprint density at radius 3 is 2.89 bits per heavy atom. The highest BCUT2D eigenvalue weighted by molar-refractivity contribution is 5.63. The lowest BCUT2D eigenvalue weighted by Gasteiger charge is -2.30. The van der Waals surface area contributed by atoms with Gasteiger partial charge in [0, 0.05) is 24.3 Å². The number of nitrogens with zero attached hydrogens (tertiary/aromatic N) is 1. The van der Waals surface area contributed by atoms with Gasteiger partial charge in [-0.25, -0.2) is 0 Å². The minimum atomic E-state index is 0.642. The van der Waals surface area contributed by atoms with Crippen molar-refractivity contribution in [2.45, 2.75) is 39.7 Å². The molecule has 1 heterocycles. The molecule has 1 saturated heterocycles. The van der Waals surface area contributed by atoms with E-state index in [-0.39, 0.29) is 0 Å². The summed E-state index contributed by atoms with van der Waals surface area (Å²) in [6.07, 6.45) is 2.56. The van der Waals surface area contributed by atoms with Gasteiger partial charge in [-0.15, -0.1) is 0 Å². The number of nitrogen functional groups attached to an aromatic ring is 1. The zero-order valence-electron chi connectivity index (χ0n) is 11.6. The number of hydrogen-bond acceptors (Lipinski definition) is 3. The maximum absolute atomic E-state index is 5.93. The van der Waals surface area contributed by atoms with Crippen LogP contribution >= 0.6 is 0 Å². The summed E-state index contributed by atoms with van der Waals surface area (Å²) in [6, 6.07) is 6.79. The first-order valence-corrected chi connectivity index (χ1v) is 6.92. The molecule has 0 saturated carbocycles. The molecule has 1 unspecified atom stereocenters. The standard InChI is InChI=1S/C15H24N2O/c1-4-18-15-10-12(7-8-13(15)16)17-9-5-6-14(17)11(2)3/h7-8,10-11,14H,4-6,9,16H2,1-3H3. The average Bonchev–Trinajstić information content (AvgIpc) is 2.81. The SMILES string of the molecule is CCOc1cc(N2CCCC2C(C)C)ccc1N. The topological polar surface area (TPSA) is 38.5 Å². The normalized spacial score (nSPS) is 19.6. The Bertz CT molecular complexity index is 403. The fourth-order valence-electron chi connectivity index (χ4n) is 2.79. The molecule has 0 spiro atoms. The first-order valence-electron chi connectivity index (χ1n) is 6.92. The van der Waals surface area contributed by atoms with Crippen LogP contribution in [-0.2, 0) is 0 Å². The Morgan fingerprint density at radius 2 is 2.22 bits per heavy atom. The third-order valence-corrected chi connectivity index (χ3v) is 3.70. The molecule has 0 aliphatic carbocycles. The van der Waals surface area contributed by atoms with E-state index in [1.165, 1.54) is 18.5 Å². The molecule has 3 nitrogen and oxygen atoms in total. The second-order valence-electron chi connectivity index (χ2n) is 5.30. The third kappa shape index (κ3) is 2.55. The summed E-state index contributed by atoms with van der Waals surface area (Å²) in [5.41, 5.74) is 7.89. The van der Waals surface area contributed by atoms with Crippen LogP contribution in [0.4, 0.5) is 11.4 Å². The van der Waals surface area contributed by atoms with Gasteiger partial charge in [-0.1, -0.05) is 13.8 Å². The van der Waals surface area contributed by atoms with E-state index >= 15 is 0 Å². The number of nitrogens with two attached hydrogens (primary N) is 1. The lowest BCUT2D eigenvalue weighted by atomic mass is 10.0. The van der Waals surface area contributed by atoms with Crippen molar-refractivity contribution in [3.63, 3.8) is 0 Å². The second-order valence-corrected chi connectivity index (χ2v) is 5.30. The molecule has 1 aliphatic heterocycles. The Labute approximate surface area is 110 Å². The molecule has 0 bridgehead atoms. The van der Waals surface area contributed by atoms with Crippen molar-refractivity contribution in [1.82, 2.24) is 0 Å². The summed E-state index contributed by atoms with van der Waals surface area (Å²) in [6.45, 7) is 8.37.